The van der Waals surface area contributed by atoms with Crippen molar-refractivity contribution < 1.29 is 24.1 Å². The van der Waals surface area contributed by atoms with Crippen molar-refractivity contribution >= 4 is 23.7 Å². The van der Waals surface area contributed by atoms with Gasteiger partial charge in [0.15, 0.2) is 23.0 Å². The lowest BCUT2D eigenvalue weighted by molar-refractivity contribution is 0.0954. The van der Waals surface area contributed by atoms with E-state index in [9.17, 15) is 9.90 Å². The van der Waals surface area contributed by atoms with E-state index >= 15 is 0 Å². The summed E-state index contributed by atoms with van der Waals surface area (Å²) in [5, 5.41) is 13.7. The average Bonchev–Trinajstić information content (AvgIpc) is 2.63. The third-order valence-corrected chi connectivity index (χ3v) is 3.74. The number of hydrogen-bond donors (Lipinski definition) is 2. The van der Waals surface area contributed by atoms with Crippen LogP contribution in [0.1, 0.15) is 15.9 Å². The summed E-state index contributed by atoms with van der Waals surface area (Å²) >= 11 is 5.90. The Morgan fingerprint density at radius 1 is 1.28 bits per heavy atom. The van der Waals surface area contributed by atoms with Crippen LogP contribution in [0.2, 0.25) is 5.02 Å². The number of carbonyl (C=O) groups is 1. The maximum Gasteiger partial charge on any atom is 0.271 e. The van der Waals surface area contributed by atoms with Crippen LogP contribution in [0.4, 0.5) is 0 Å². The lowest BCUT2D eigenvalue weighted by Crippen LogP contribution is -2.19. The predicted octanol–water partition coefficient (Wildman–Crippen LogP) is 2.59. The fourth-order valence-electron chi connectivity index (χ4n) is 2.24. The molecule has 0 saturated carbocycles. The molecule has 1 heterocycles. The number of fused-ring (bicyclic) bond motifs is 1. The van der Waals surface area contributed by atoms with E-state index in [2.05, 4.69) is 10.5 Å². The van der Waals surface area contributed by atoms with E-state index < -0.39 is 5.91 Å². The van der Waals surface area contributed by atoms with Gasteiger partial charge >= 0.3 is 0 Å². The topological polar surface area (TPSA) is 89.4 Å². The molecule has 1 aliphatic heterocycles. The number of methoxy groups -OCH3 is 1. The molecule has 0 saturated heterocycles. The zero-order valence-electron chi connectivity index (χ0n) is 13.3. The molecule has 0 aliphatic carbocycles. The minimum atomic E-state index is -0.398. The highest BCUT2D eigenvalue weighted by Crippen LogP contribution is 2.34. The van der Waals surface area contributed by atoms with Gasteiger partial charge in [-0.1, -0.05) is 11.6 Å². The van der Waals surface area contributed by atoms with Crippen LogP contribution in [0.3, 0.4) is 0 Å². The molecule has 2 aromatic carbocycles. The zero-order chi connectivity index (χ0) is 17.8. The third kappa shape index (κ3) is 3.77. The molecular weight excluding hydrogens is 348 g/mol. The number of aromatic hydroxyl groups is 1. The summed E-state index contributed by atoms with van der Waals surface area (Å²) in [5.41, 5.74) is 3.36. The number of phenolic OH excluding ortho intramolecular Hbond substituents is 1. The minimum absolute atomic E-state index is 0.124. The van der Waals surface area contributed by atoms with Gasteiger partial charge in [-0.25, -0.2) is 5.43 Å². The number of ether oxygens (including phenoxy) is 3. The van der Waals surface area contributed by atoms with Gasteiger partial charge in [-0.3, -0.25) is 4.79 Å². The second kappa shape index (κ2) is 7.31. The van der Waals surface area contributed by atoms with Gasteiger partial charge < -0.3 is 19.3 Å². The first kappa shape index (κ1) is 16.9. The van der Waals surface area contributed by atoms with E-state index in [1.165, 1.54) is 19.4 Å². The Morgan fingerprint density at radius 3 is 2.80 bits per heavy atom. The van der Waals surface area contributed by atoms with Crippen molar-refractivity contribution in [2.75, 3.05) is 20.3 Å². The van der Waals surface area contributed by atoms with Gasteiger partial charge in [0.2, 0.25) is 0 Å². The van der Waals surface area contributed by atoms with Gasteiger partial charge in [0.25, 0.3) is 5.91 Å². The minimum Gasteiger partial charge on any atom is -0.503 e. The lowest BCUT2D eigenvalue weighted by atomic mass is 10.2. The summed E-state index contributed by atoms with van der Waals surface area (Å²) in [6, 6.07) is 7.94. The van der Waals surface area contributed by atoms with E-state index in [1.807, 2.05) is 0 Å². The molecule has 25 heavy (non-hydrogen) atoms. The molecule has 1 aliphatic rings. The van der Waals surface area contributed by atoms with Gasteiger partial charge in [0.05, 0.1) is 18.3 Å². The number of hydrazone groups is 1. The van der Waals surface area contributed by atoms with Gasteiger partial charge in [-0.05, 0) is 35.9 Å². The Balaban J connectivity index is 1.70. The van der Waals surface area contributed by atoms with Crippen LogP contribution in [0, 0.1) is 0 Å². The van der Waals surface area contributed by atoms with Crippen molar-refractivity contribution in [3.63, 3.8) is 0 Å². The number of benzene rings is 2. The standard InChI is InChI=1S/C17H15ClN2O5/c1-23-15-7-10(6-12(18)16(15)21)9-19-20-17(22)11-2-3-13-14(8-11)25-5-4-24-13/h2-3,6-9,21H,4-5H2,1H3,(H,20,22)/b19-9-. The van der Waals surface area contributed by atoms with Crippen molar-refractivity contribution in [3.8, 4) is 23.0 Å². The van der Waals surface area contributed by atoms with Crippen molar-refractivity contribution in [2.45, 2.75) is 0 Å². The van der Waals surface area contributed by atoms with Crippen molar-refractivity contribution in [2.24, 2.45) is 5.10 Å². The average molecular weight is 363 g/mol. The van der Waals surface area contributed by atoms with Crippen molar-refractivity contribution in [3.05, 3.63) is 46.5 Å². The van der Waals surface area contributed by atoms with Gasteiger partial charge in [-0.2, -0.15) is 5.10 Å². The third-order valence-electron chi connectivity index (χ3n) is 3.45. The van der Waals surface area contributed by atoms with Crippen LogP contribution < -0.4 is 19.6 Å². The molecule has 0 bridgehead atoms. The molecule has 0 unspecified atom stereocenters. The number of halogens is 1. The van der Waals surface area contributed by atoms with Crippen molar-refractivity contribution in [1.29, 1.82) is 0 Å². The molecule has 0 atom stereocenters. The second-order valence-corrected chi connectivity index (χ2v) is 5.52. The van der Waals surface area contributed by atoms with Gasteiger partial charge in [-0.15, -0.1) is 0 Å². The van der Waals surface area contributed by atoms with Crippen LogP contribution in [0.5, 0.6) is 23.0 Å². The van der Waals surface area contributed by atoms with Crippen LogP contribution in [-0.4, -0.2) is 37.6 Å². The predicted molar refractivity (Wildman–Crippen MR) is 92.2 cm³/mol. The summed E-state index contributed by atoms with van der Waals surface area (Å²) in [7, 11) is 1.41. The second-order valence-electron chi connectivity index (χ2n) is 5.11. The largest absolute Gasteiger partial charge is 0.503 e. The molecule has 1 amide bonds. The summed E-state index contributed by atoms with van der Waals surface area (Å²) < 4.78 is 15.9. The summed E-state index contributed by atoms with van der Waals surface area (Å²) in [6.45, 7) is 0.932. The number of carbonyl (C=O) groups excluding carboxylic acids is 1. The summed E-state index contributed by atoms with van der Waals surface area (Å²) in [6.07, 6.45) is 1.39. The Bertz CT molecular complexity index is 838. The lowest BCUT2D eigenvalue weighted by Gasteiger charge is -2.18. The van der Waals surface area contributed by atoms with Crippen LogP contribution in [0.15, 0.2) is 35.4 Å². The van der Waals surface area contributed by atoms with E-state index in [4.69, 9.17) is 25.8 Å². The molecular formula is C17H15ClN2O5. The quantitative estimate of drug-likeness (QED) is 0.644. The Morgan fingerprint density at radius 2 is 2.04 bits per heavy atom. The first-order chi connectivity index (χ1) is 12.1. The molecule has 7 nitrogen and oxygen atoms in total. The highest BCUT2D eigenvalue weighted by molar-refractivity contribution is 6.32. The monoisotopic (exact) mass is 362 g/mol. The molecule has 130 valence electrons. The molecule has 0 radical (unpaired) electrons. The van der Waals surface area contributed by atoms with E-state index in [0.717, 1.165) is 0 Å². The normalized spacial score (nSPS) is 12.9. The van der Waals surface area contributed by atoms with Gasteiger partial charge in [0, 0.05) is 5.56 Å². The zero-order valence-corrected chi connectivity index (χ0v) is 14.0. The highest BCUT2D eigenvalue weighted by Gasteiger charge is 2.14. The maximum atomic E-state index is 12.2. The number of nitrogens with zero attached hydrogens (tertiary/aromatic N) is 1. The van der Waals surface area contributed by atoms with Crippen LogP contribution in [0.25, 0.3) is 0 Å². The van der Waals surface area contributed by atoms with Gasteiger partial charge in [0.1, 0.15) is 13.2 Å². The summed E-state index contributed by atoms with van der Waals surface area (Å²) in [4.78, 5) is 12.2. The summed E-state index contributed by atoms with van der Waals surface area (Å²) in [5.74, 6) is 0.800. The SMILES string of the molecule is COc1cc(/C=N\NC(=O)c2ccc3c(c2)OCCO3)cc(Cl)c1O. The Kier molecular flexibility index (Phi) is 4.95. The number of rotatable bonds is 4. The first-order valence-corrected chi connectivity index (χ1v) is 7.76. The Hall–Kier alpha value is -2.93. The van der Waals surface area contributed by atoms with E-state index in [-0.39, 0.29) is 16.5 Å². The first-order valence-electron chi connectivity index (χ1n) is 7.38. The fraction of sp³-hybridized carbons (Fsp3) is 0.176. The number of nitrogens with one attached hydrogen (secondary N) is 1. The molecule has 2 aromatic rings. The van der Waals surface area contributed by atoms with Crippen LogP contribution in [-0.2, 0) is 0 Å². The number of amides is 1. The molecule has 3 rings (SSSR count). The number of hydrogen-bond acceptors (Lipinski definition) is 6. The highest BCUT2D eigenvalue weighted by atomic mass is 35.5. The maximum absolute atomic E-state index is 12.2. The van der Waals surface area contributed by atoms with Crippen molar-refractivity contribution in [1.82, 2.24) is 5.43 Å². The molecule has 0 aromatic heterocycles. The fourth-order valence-corrected chi connectivity index (χ4v) is 2.46. The number of phenols is 1. The molecule has 2 N–H and O–H groups in total. The Labute approximate surface area is 148 Å². The van der Waals surface area contributed by atoms with Crippen LogP contribution >= 0.6 is 11.6 Å². The smallest absolute Gasteiger partial charge is 0.271 e. The van der Waals surface area contributed by atoms with E-state index in [1.54, 1.807) is 24.3 Å². The van der Waals surface area contributed by atoms with E-state index in [0.29, 0.717) is 35.8 Å². The molecule has 0 fully saturated rings. The molecule has 0 spiro atoms. The molecule has 8 heteroatoms.